The van der Waals surface area contributed by atoms with Crippen LogP contribution in [0.15, 0.2) is 72.8 Å². The lowest BCUT2D eigenvalue weighted by Crippen LogP contribution is -2.41. The number of nitrogens with zero attached hydrogens (tertiary/aromatic N) is 2. The van der Waals surface area contributed by atoms with E-state index in [1.807, 2.05) is 31.1 Å². The lowest BCUT2D eigenvalue weighted by Gasteiger charge is -2.31. The number of para-hydroxylation sites is 1. The fourth-order valence-electron chi connectivity index (χ4n) is 4.11. The van der Waals surface area contributed by atoms with Crippen molar-refractivity contribution in [1.82, 2.24) is 5.32 Å². The smallest absolute Gasteiger partial charge is 0.313 e. The third kappa shape index (κ3) is 5.29. The number of carbonyl (C=O) groups is 2. The van der Waals surface area contributed by atoms with Gasteiger partial charge in [-0.15, -0.1) is 0 Å². The maximum absolute atomic E-state index is 12.6. The van der Waals surface area contributed by atoms with E-state index in [0.29, 0.717) is 17.3 Å². The quantitative estimate of drug-likeness (QED) is 0.537. The van der Waals surface area contributed by atoms with Gasteiger partial charge in [-0.05, 0) is 53.9 Å². The highest BCUT2D eigenvalue weighted by molar-refractivity contribution is 6.39. The molecule has 0 bridgehead atoms. The summed E-state index contributed by atoms with van der Waals surface area (Å²) in [7, 11) is 4.00. The lowest BCUT2D eigenvalue weighted by atomic mass is 10.0. The molecule has 7 heteroatoms. The molecule has 0 aromatic heterocycles. The number of hydrogen-bond donors (Lipinski definition) is 2. The summed E-state index contributed by atoms with van der Waals surface area (Å²) < 4.78 is 0. The summed E-state index contributed by atoms with van der Waals surface area (Å²) in [6.45, 7) is 1.15. The average molecular weight is 463 g/mol. The van der Waals surface area contributed by atoms with Crippen molar-refractivity contribution in [2.45, 2.75) is 12.5 Å². The van der Waals surface area contributed by atoms with Crippen LogP contribution in [0.3, 0.4) is 0 Å². The van der Waals surface area contributed by atoms with E-state index in [1.54, 1.807) is 24.3 Å². The predicted molar refractivity (Wildman–Crippen MR) is 134 cm³/mol. The number of hydrogen-bond acceptors (Lipinski definition) is 4. The van der Waals surface area contributed by atoms with Gasteiger partial charge in [0.25, 0.3) is 0 Å². The zero-order chi connectivity index (χ0) is 23.4. The molecule has 0 saturated carbocycles. The normalized spacial score (nSPS) is 13.2. The second-order valence-electron chi connectivity index (χ2n) is 8.25. The Morgan fingerprint density at radius 1 is 1.00 bits per heavy atom. The molecule has 2 N–H and O–H groups in total. The summed E-state index contributed by atoms with van der Waals surface area (Å²) in [5, 5.41) is 5.91. The van der Waals surface area contributed by atoms with Gasteiger partial charge in [-0.25, -0.2) is 0 Å². The first-order valence-electron chi connectivity index (χ1n) is 10.9. The Hall–Kier alpha value is -3.51. The van der Waals surface area contributed by atoms with Crippen molar-refractivity contribution < 1.29 is 9.59 Å². The van der Waals surface area contributed by atoms with Gasteiger partial charge in [-0.2, -0.15) is 0 Å². The van der Waals surface area contributed by atoms with Crippen LogP contribution in [-0.2, 0) is 16.0 Å². The molecule has 0 fully saturated rings. The minimum atomic E-state index is -0.721. The molecule has 0 spiro atoms. The summed E-state index contributed by atoms with van der Waals surface area (Å²) >= 11 is 5.96. The summed E-state index contributed by atoms with van der Waals surface area (Å²) in [6, 6.07) is 23.2. The van der Waals surface area contributed by atoms with Crippen molar-refractivity contribution >= 4 is 40.5 Å². The molecule has 1 aliphatic rings. The van der Waals surface area contributed by atoms with Crippen LogP contribution in [0.25, 0.3) is 0 Å². The highest BCUT2D eigenvalue weighted by Gasteiger charge is 2.28. The maximum atomic E-state index is 12.6. The van der Waals surface area contributed by atoms with Crippen LogP contribution in [0.4, 0.5) is 17.1 Å². The molecule has 33 heavy (non-hydrogen) atoms. The summed E-state index contributed by atoms with van der Waals surface area (Å²) in [4.78, 5) is 29.4. The number of anilines is 3. The zero-order valence-corrected chi connectivity index (χ0v) is 19.5. The highest BCUT2D eigenvalue weighted by Crippen LogP contribution is 2.35. The molecule has 170 valence electrons. The van der Waals surface area contributed by atoms with Crippen LogP contribution in [0.5, 0.6) is 0 Å². The molecule has 1 heterocycles. The first kappa shape index (κ1) is 22.7. The average Bonchev–Trinajstić information content (AvgIpc) is 3.23. The van der Waals surface area contributed by atoms with Crippen molar-refractivity contribution in [2.75, 3.05) is 42.3 Å². The number of rotatable bonds is 6. The molecule has 6 nitrogen and oxygen atoms in total. The van der Waals surface area contributed by atoms with E-state index in [0.717, 1.165) is 29.9 Å². The fraction of sp³-hybridized carbons (Fsp3) is 0.231. The van der Waals surface area contributed by atoms with Gasteiger partial charge in [0.15, 0.2) is 0 Å². The predicted octanol–water partition coefficient (Wildman–Crippen LogP) is 4.26. The number of carbonyl (C=O) groups excluding carboxylic acids is 2. The molecular formula is C26H27ClN4O2. The first-order valence-corrected chi connectivity index (χ1v) is 11.3. The van der Waals surface area contributed by atoms with E-state index < -0.39 is 11.8 Å². The van der Waals surface area contributed by atoms with Crippen LogP contribution < -0.4 is 20.4 Å². The van der Waals surface area contributed by atoms with Crippen LogP contribution in [-0.4, -0.2) is 39.0 Å². The van der Waals surface area contributed by atoms with E-state index in [2.05, 4.69) is 51.9 Å². The zero-order valence-electron chi connectivity index (χ0n) is 18.7. The molecule has 1 atom stereocenters. The van der Waals surface area contributed by atoms with Crippen LogP contribution in [0, 0.1) is 0 Å². The van der Waals surface area contributed by atoms with E-state index in [9.17, 15) is 9.59 Å². The van der Waals surface area contributed by atoms with Crippen molar-refractivity contribution in [2.24, 2.45) is 0 Å². The summed E-state index contributed by atoms with van der Waals surface area (Å²) in [5.74, 6) is -1.40. The molecule has 3 aromatic carbocycles. The molecule has 0 saturated heterocycles. The Morgan fingerprint density at radius 3 is 2.48 bits per heavy atom. The van der Waals surface area contributed by atoms with Gasteiger partial charge in [0.05, 0.1) is 6.04 Å². The number of amides is 2. The Morgan fingerprint density at radius 2 is 1.76 bits per heavy atom. The SMILES string of the molecule is CN(C)c1ccc(C(CNC(=O)C(=O)Nc2cccc(Cl)c2)N2CCc3ccccc32)cc1. The minimum Gasteiger partial charge on any atom is -0.378 e. The molecule has 2 amide bonds. The van der Waals surface area contributed by atoms with Crippen LogP contribution in [0.1, 0.15) is 17.2 Å². The molecular weight excluding hydrogens is 436 g/mol. The van der Waals surface area contributed by atoms with Gasteiger partial charge in [0, 0.05) is 49.3 Å². The van der Waals surface area contributed by atoms with Crippen LogP contribution >= 0.6 is 11.6 Å². The van der Waals surface area contributed by atoms with Crippen molar-refractivity contribution in [3.05, 3.63) is 88.9 Å². The summed E-state index contributed by atoms with van der Waals surface area (Å²) in [6.07, 6.45) is 0.950. The van der Waals surface area contributed by atoms with E-state index in [4.69, 9.17) is 11.6 Å². The molecule has 0 aliphatic carbocycles. The van der Waals surface area contributed by atoms with E-state index >= 15 is 0 Å². The second-order valence-corrected chi connectivity index (χ2v) is 8.68. The van der Waals surface area contributed by atoms with E-state index in [-0.39, 0.29) is 6.04 Å². The molecule has 4 rings (SSSR count). The van der Waals surface area contributed by atoms with Crippen molar-refractivity contribution in [3.63, 3.8) is 0 Å². The largest absolute Gasteiger partial charge is 0.378 e. The van der Waals surface area contributed by atoms with Crippen molar-refractivity contribution in [1.29, 1.82) is 0 Å². The Balaban J connectivity index is 1.51. The molecule has 0 radical (unpaired) electrons. The van der Waals surface area contributed by atoms with Gasteiger partial charge in [0.2, 0.25) is 0 Å². The number of fused-ring (bicyclic) bond motifs is 1. The van der Waals surface area contributed by atoms with Gasteiger partial charge in [0.1, 0.15) is 0 Å². The summed E-state index contributed by atoms with van der Waals surface area (Å²) in [5.41, 5.74) is 5.11. The maximum Gasteiger partial charge on any atom is 0.313 e. The second kappa shape index (κ2) is 9.96. The third-order valence-electron chi connectivity index (χ3n) is 5.84. The monoisotopic (exact) mass is 462 g/mol. The molecule has 3 aromatic rings. The minimum absolute atomic E-state index is 0.104. The lowest BCUT2D eigenvalue weighted by molar-refractivity contribution is -0.136. The molecule has 1 unspecified atom stereocenters. The first-order chi connectivity index (χ1) is 15.9. The topological polar surface area (TPSA) is 64.7 Å². The van der Waals surface area contributed by atoms with Crippen molar-refractivity contribution in [3.8, 4) is 0 Å². The fourth-order valence-corrected chi connectivity index (χ4v) is 4.30. The Kier molecular flexibility index (Phi) is 6.84. The number of nitrogens with one attached hydrogen (secondary N) is 2. The standard InChI is InChI=1S/C26H27ClN4O2/c1-30(2)22-12-10-19(11-13-22)24(31-15-14-18-6-3-4-9-23(18)31)17-28-25(32)26(33)29-21-8-5-7-20(27)16-21/h3-13,16,24H,14-15,17H2,1-2H3,(H,28,32)(H,29,33). The van der Waals surface area contributed by atoms with Gasteiger partial charge < -0.3 is 20.4 Å². The van der Waals surface area contributed by atoms with Gasteiger partial charge in [-0.3, -0.25) is 9.59 Å². The molecule has 1 aliphatic heterocycles. The Labute approximate surface area is 199 Å². The number of halogens is 1. The highest BCUT2D eigenvalue weighted by atomic mass is 35.5. The Bertz CT molecular complexity index is 1150. The van der Waals surface area contributed by atoms with E-state index in [1.165, 1.54) is 5.56 Å². The van der Waals surface area contributed by atoms with Gasteiger partial charge in [-0.1, -0.05) is 48.0 Å². The third-order valence-corrected chi connectivity index (χ3v) is 6.07. The van der Waals surface area contributed by atoms with Gasteiger partial charge >= 0.3 is 11.8 Å². The van der Waals surface area contributed by atoms with Crippen LogP contribution in [0.2, 0.25) is 5.02 Å². The number of benzene rings is 3.